The number of carbonyl (C=O) groups is 1. The fourth-order valence-electron chi connectivity index (χ4n) is 4.43. The molecule has 1 aliphatic heterocycles. The Morgan fingerprint density at radius 2 is 1.94 bits per heavy atom. The molecule has 0 N–H and O–H groups in total. The van der Waals surface area contributed by atoms with Gasteiger partial charge in [-0.3, -0.25) is 4.79 Å². The van der Waals surface area contributed by atoms with Crippen LogP contribution >= 0.6 is 0 Å². The van der Waals surface area contributed by atoms with Gasteiger partial charge in [0.1, 0.15) is 5.75 Å². The number of nitrogens with zero attached hydrogens (tertiary/aromatic N) is 3. The number of hydrogen-bond acceptors (Lipinski definition) is 7. The summed E-state index contributed by atoms with van der Waals surface area (Å²) in [5.74, 6) is 2.40. The number of hydrogen-bond donors (Lipinski definition) is 0. The van der Waals surface area contributed by atoms with Crippen LogP contribution in [0.5, 0.6) is 5.75 Å². The normalized spacial score (nSPS) is 19.5. The van der Waals surface area contributed by atoms with Gasteiger partial charge >= 0.3 is 12.0 Å². The van der Waals surface area contributed by atoms with Gasteiger partial charge in [0.05, 0.1) is 19.1 Å². The maximum Gasteiger partial charge on any atom is 0.324 e. The fraction of sp³-hybridized carbons (Fsp3) is 0.577. The van der Waals surface area contributed by atoms with Crippen molar-refractivity contribution in [2.24, 2.45) is 11.8 Å². The highest BCUT2D eigenvalue weighted by atomic mass is 16.5. The van der Waals surface area contributed by atoms with E-state index in [2.05, 4.69) is 59.2 Å². The number of allylic oxidation sites excluding steroid dienone is 2. The minimum atomic E-state index is -0.0696. The van der Waals surface area contributed by atoms with Crippen molar-refractivity contribution in [1.29, 1.82) is 0 Å². The second-order valence-corrected chi connectivity index (χ2v) is 9.31. The van der Waals surface area contributed by atoms with Crippen molar-refractivity contribution < 1.29 is 18.8 Å². The molecule has 2 aromatic rings. The number of aromatic nitrogens is 2. The minimum absolute atomic E-state index is 0.000176. The zero-order chi connectivity index (χ0) is 23.2. The highest BCUT2D eigenvalue weighted by Gasteiger charge is 2.25. The molecule has 1 aromatic heterocycles. The van der Waals surface area contributed by atoms with Gasteiger partial charge in [-0.05, 0) is 68.2 Å². The molecule has 2 aliphatic rings. The molecule has 4 rings (SSSR count). The van der Waals surface area contributed by atoms with E-state index >= 15 is 0 Å². The Bertz CT molecular complexity index is 943. The average molecular weight is 454 g/mol. The van der Waals surface area contributed by atoms with Crippen LogP contribution < -0.4 is 9.64 Å². The highest BCUT2D eigenvalue weighted by Crippen LogP contribution is 2.32. The third kappa shape index (κ3) is 5.95. The fourth-order valence-corrected chi connectivity index (χ4v) is 4.43. The lowest BCUT2D eigenvalue weighted by molar-refractivity contribution is -0.148. The molecule has 0 saturated carbocycles. The lowest BCUT2D eigenvalue weighted by Crippen LogP contribution is -2.35. The van der Waals surface area contributed by atoms with Gasteiger partial charge < -0.3 is 18.9 Å². The first-order valence-electron chi connectivity index (χ1n) is 12.2. The summed E-state index contributed by atoms with van der Waals surface area (Å²) in [6.45, 7) is 8.98. The van der Waals surface area contributed by atoms with Crippen LogP contribution in [0.1, 0.15) is 70.2 Å². The van der Waals surface area contributed by atoms with Gasteiger partial charge in [-0.2, -0.15) is 4.98 Å². The van der Waals surface area contributed by atoms with E-state index in [1.807, 2.05) is 6.92 Å². The SMILES string of the molecule is CCOC(=O)C1CC=C(c2ccc(OCC3CCN(c4nc(C(C)C)no4)CC3)cc2)CC1. The van der Waals surface area contributed by atoms with Crippen molar-refractivity contribution in [2.75, 3.05) is 31.2 Å². The lowest BCUT2D eigenvalue weighted by Gasteiger charge is -2.30. The van der Waals surface area contributed by atoms with Crippen molar-refractivity contribution in [3.05, 3.63) is 41.7 Å². The van der Waals surface area contributed by atoms with Crippen molar-refractivity contribution in [3.8, 4) is 5.75 Å². The summed E-state index contributed by atoms with van der Waals surface area (Å²) in [5.41, 5.74) is 2.51. The van der Waals surface area contributed by atoms with E-state index in [1.165, 1.54) is 11.1 Å². The second kappa shape index (κ2) is 10.9. The molecule has 0 spiro atoms. The van der Waals surface area contributed by atoms with Crippen LogP contribution in [0, 0.1) is 11.8 Å². The van der Waals surface area contributed by atoms with E-state index < -0.39 is 0 Å². The van der Waals surface area contributed by atoms with Gasteiger partial charge in [-0.1, -0.05) is 37.2 Å². The second-order valence-electron chi connectivity index (χ2n) is 9.31. The largest absolute Gasteiger partial charge is 0.493 e. The molecule has 33 heavy (non-hydrogen) atoms. The lowest BCUT2D eigenvalue weighted by atomic mass is 9.86. The first-order chi connectivity index (χ1) is 16.0. The molecule has 1 saturated heterocycles. The number of ether oxygens (including phenoxy) is 2. The maximum atomic E-state index is 11.9. The Kier molecular flexibility index (Phi) is 7.68. The van der Waals surface area contributed by atoms with Crippen LogP contribution in [-0.2, 0) is 9.53 Å². The summed E-state index contributed by atoms with van der Waals surface area (Å²) in [7, 11) is 0. The van der Waals surface area contributed by atoms with E-state index in [-0.39, 0.29) is 17.8 Å². The minimum Gasteiger partial charge on any atom is -0.493 e. The molecule has 1 unspecified atom stereocenters. The predicted octanol–water partition coefficient (Wildman–Crippen LogP) is 5.24. The molecule has 1 atom stereocenters. The predicted molar refractivity (Wildman–Crippen MR) is 127 cm³/mol. The third-order valence-corrected chi connectivity index (χ3v) is 6.57. The number of carbonyl (C=O) groups excluding carboxylic acids is 1. The number of benzene rings is 1. The number of anilines is 1. The highest BCUT2D eigenvalue weighted by molar-refractivity contribution is 5.75. The van der Waals surface area contributed by atoms with E-state index in [4.69, 9.17) is 14.0 Å². The number of esters is 1. The molecule has 0 amide bonds. The molecule has 0 bridgehead atoms. The summed E-state index contributed by atoms with van der Waals surface area (Å²) >= 11 is 0. The molecule has 7 nitrogen and oxygen atoms in total. The van der Waals surface area contributed by atoms with Gasteiger partial charge in [0.2, 0.25) is 0 Å². The summed E-state index contributed by atoms with van der Waals surface area (Å²) in [6, 6.07) is 8.98. The summed E-state index contributed by atoms with van der Waals surface area (Å²) in [4.78, 5) is 18.6. The van der Waals surface area contributed by atoms with Crippen LogP contribution in [0.4, 0.5) is 6.01 Å². The van der Waals surface area contributed by atoms with Crippen molar-refractivity contribution in [1.82, 2.24) is 10.1 Å². The maximum absolute atomic E-state index is 11.9. The molecule has 0 radical (unpaired) electrons. The number of piperidine rings is 1. The van der Waals surface area contributed by atoms with Crippen molar-refractivity contribution >= 4 is 17.6 Å². The molecular weight excluding hydrogens is 418 g/mol. The zero-order valence-electron chi connectivity index (χ0n) is 20.0. The average Bonchev–Trinajstić information content (AvgIpc) is 3.35. The first kappa shape index (κ1) is 23.3. The van der Waals surface area contributed by atoms with E-state index in [0.717, 1.165) is 63.4 Å². The molecular formula is C26H35N3O4. The standard InChI is InChI=1S/C26H35N3O4/c1-4-31-25(30)22-7-5-20(6-8-22)21-9-11-23(12-10-21)32-17-19-13-15-29(16-14-19)26-27-24(18(2)3)28-33-26/h5,9-12,18-19,22H,4,6-8,13-17H2,1-3H3. The quantitative estimate of drug-likeness (QED) is 0.506. The number of rotatable bonds is 8. The van der Waals surface area contributed by atoms with Gasteiger partial charge in [0.15, 0.2) is 5.82 Å². The van der Waals surface area contributed by atoms with E-state index in [0.29, 0.717) is 18.5 Å². The van der Waals surface area contributed by atoms with Crippen LogP contribution in [0.15, 0.2) is 34.9 Å². The Hall–Kier alpha value is -2.83. The first-order valence-corrected chi connectivity index (χ1v) is 12.2. The van der Waals surface area contributed by atoms with Gasteiger partial charge in [-0.15, -0.1) is 0 Å². The van der Waals surface area contributed by atoms with Crippen LogP contribution in [-0.4, -0.2) is 42.4 Å². The van der Waals surface area contributed by atoms with Gasteiger partial charge in [-0.25, -0.2) is 0 Å². The molecule has 1 aliphatic carbocycles. The van der Waals surface area contributed by atoms with Crippen LogP contribution in [0.3, 0.4) is 0 Å². The van der Waals surface area contributed by atoms with Gasteiger partial charge in [0, 0.05) is 19.0 Å². The summed E-state index contributed by atoms with van der Waals surface area (Å²) < 4.78 is 16.7. The Morgan fingerprint density at radius 1 is 1.18 bits per heavy atom. The molecule has 1 fully saturated rings. The van der Waals surface area contributed by atoms with Gasteiger partial charge in [0.25, 0.3) is 0 Å². The van der Waals surface area contributed by atoms with E-state index in [9.17, 15) is 4.79 Å². The molecule has 178 valence electrons. The molecule has 2 heterocycles. The smallest absolute Gasteiger partial charge is 0.324 e. The van der Waals surface area contributed by atoms with Crippen LogP contribution in [0.2, 0.25) is 0 Å². The van der Waals surface area contributed by atoms with Crippen LogP contribution in [0.25, 0.3) is 5.57 Å². The Labute approximate surface area is 196 Å². The topological polar surface area (TPSA) is 77.7 Å². The summed E-state index contributed by atoms with van der Waals surface area (Å²) in [6.07, 6.45) is 6.79. The Balaban J connectivity index is 1.22. The van der Waals surface area contributed by atoms with Crippen molar-refractivity contribution in [3.63, 3.8) is 0 Å². The third-order valence-electron chi connectivity index (χ3n) is 6.57. The Morgan fingerprint density at radius 3 is 2.55 bits per heavy atom. The van der Waals surface area contributed by atoms with E-state index in [1.54, 1.807) is 0 Å². The molecule has 7 heteroatoms. The molecule has 1 aromatic carbocycles. The van der Waals surface area contributed by atoms with Crippen molar-refractivity contribution in [2.45, 2.75) is 58.8 Å². The zero-order valence-corrected chi connectivity index (χ0v) is 20.0. The summed E-state index contributed by atoms with van der Waals surface area (Å²) in [5, 5.41) is 4.07. The monoisotopic (exact) mass is 453 g/mol.